The molecule has 0 amide bonds. The second-order valence-electron chi connectivity index (χ2n) is 8.23. The molecule has 174 valence electrons. The van der Waals surface area contributed by atoms with Gasteiger partial charge in [0.1, 0.15) is 23.6 Å². The van der Waals surface area contributed by atoms with Gasteiger partial charge < -0.3 is 9.64 Å². The molecule has 1 aliphatic rings. The molecular weight excluding hydrogens is 478 g/mol. The van der Waals surface area contributed by atoms with Gasteiger partial charge in [-0.1, -0.05) is 35.3 Å². The molecule has 9 heteroatoms. The highest BCUT2D eigenvalue weighted by atomic mass is 35.5. The highest BCUT2D eigenvalue weighted by Crippen LogP contribution is 2.33. The van der Waals surface area contributed by atoms with Gasteiger partial charge in [0.05, 0.1) is 23.2 Å². The Balaban J connectivity index is 1.65. The van der Waals surface area contributed by atoms with E-state index >= 15 is 0 Å². The summed E-state index contributed by atoms with van der Waals surface area (Å²) in [4.78, 5) is 24.6. The van der Waals surface area contributed by atoms with E-state index in [-0.39, 0.29) is 33.3 Å². The molecule has 6 nitrogen and oxygen atoms in total. The molecule has 1 saturated heterocycles. The standard InChI is InChI=1S/C25H21Cl2FN4O2/c1-14-29-20-12-22(32-9-10-34-21(13-32)15-3-5-16(26)6-4-15)30-24(23(20)25(33)31(14)2)18-8-7-17(27)11-19(18)28/h3-8,11-12,21H,9-10,13H2,1-2H3/t21-/m0/s1. The summed E-state index contributed by atoms with van der Waals surface area (Å²) in [6, 6.07) is 13.7. The van der Waals surface area contributed by atoms with Crippen LogP contribution < -0.4 is 10.5 Å². The lowest BCUT2D eigenvalue weighted by Crippen LogP contribution is -2.39. The molecule has 0 N–H and O–H groups in total. The van der Waals surface area contributed by atoms with Crippen molar-refractivity contribution >= 4 is 39.9 Å². The number of halogens is 3. The monoisotopic (exact) mass is 498 g/mol. The van der Waals surface area contributed by atoms with Crippen LogP contribution >= 0.6 is 23.2 Å². The smallest absolute Gasteiger partial charge is 0.263 e. The van der Waals surface area contributed by atoms with Crippen LogP contribution in [0, 0.1) is 12.7 Å². The van der Waals surface area contributed by atoms with Gasteiger partial charge in [-0.25, -0.2) is 14.4 Å². The van der Waals surface area contributed by atoms with Gasteiger partial charge >= 0.3 is 0 Å². The fourth-order valence-corrected chi connectivity index (χ4v) is 4.44. The maximum absolute atomic E-state index is 15.0. The van der Waals surface area contributed by atoms with E-state index in [1.165, 1.54) is 10.6 Å². The summed E-state index contributed by atoms with van der Waals surface area (Å²) in [6.45, 7) is 3.37. The average molecular weight is 499 g/mol. The minimum absolute atomic E-state index is 0.183. The van der Waals surface area contributed by atoms with Gasteiger partial charge in [-0.05, 0) is 42.8 Å². The fourth-order valence-electron chi connectivity index (χ4n) is 4.16. The molecule has 2 aromatic heterocycles. The number of morpholine rings is 1. The maximum atomic E-state index is 15.0. The Hall–Kier alpha value is -3.00. The maximum Gasteiger partial charge on any atom is 0.263 e. The number of hydrogen-bond acceptors (Lipinski definition) is 5. The molecule has 0 spiro atoms. The SMILES string of the molecule is Cc1nc2cc(N3CCO[C@H](c4ccc(Cl)cc4)C3)nc(-c3ccc(Cl)cc3F)c2c(=O)n1C. The Kier molecular flexibility index (Phi) is 6.02. The van der Waals surface area contributed by atoms with Gasteiger partial charge in [0.15, 0.2) is 0 Å². The van der Waals surface area contributed by atoms with Crippen LogP contribution in [0.2, 0.25) is 10.0 Å². The third-order valence-corrected chi connectivity index (χ3v) is 6.58. The van der Waals surface area contributed by atoms with Crippen molar-refractivity contribution < 1.29 is 9.13 Å². The van der Waals surface area contributed by atoms with E-state index in [1.54, 1.807) is 32.2 Å². The molecule has 1 fully saturated rings. The van der Waals surface area contributed by atoms with Crippen molar-refractivity contribution in [3.8, 4) is 11.3 Å². The number of benzene rings is 2. The first-order valence-electron chi connectivity index (χ1n) is 10.8. The molecule has 0 saturated carbocycles. The van der Waals surface area contributed by atoms with E-state index in [4.69, 9.17) is 32.9 Å². The van der Waals surface area contributed by atoms with E-state index < -0.39 is 5.82 Å². The summed E-state index contributed by atoms with van der Waals surface area (Å²) in [5, 5.41) is 1.19. The van der Waals surface area contributed by atoms with E-state index in [9.17, 15) is 9.18 Å². The predicted molar refractivity (Wildman–Crippen MR) is 132 cm³/mol. The molecule has 5 rings (SSSR count). The molecule has 0 unspecified atom stereocenters. The van der Waals surface area contributed by atoms with Crippen LogP contribution in [0.4, 0.5) is 10.2 Å². The molecule has 4 aromatic rings. The molecular formula is C25H21Cl2FN4O2. The van der Waals surface area contributed by atoms with Crippen LogP contribution in [-0.4, -0.2) is 34.2 Å². The highest BCUT2D eigenvalue weighted by molar-refractivity contribution is 6.30. The molecule has 0 radical (unpaired) electrons. The first-order valence-corrected chi connectivity index (χ1v) is 11.5. The lowest BCUT2D eigenvalue weighted by molar-refractivity contribution is 0.0395. The third-order valence-electron chi connectivity index (χ3n) is 6.09. The number of rotatable bonds is 3. The summed E-state index contributed by atoms with van der Waals surface area (Å²) >= 11 is 12.0. The van der Waals surface area contributed by atoms with Gasteiger partial charge in [-0.15, -0.1) is 0 Å². The van der Waals surface area contributed by atoms with Crippen molar-refractivity contribution in [2.24, 2.45) is 7.05 Å². The van der Waals surface area contributed by atoms with Crippen molar-refractivity contribution in [2.45, 2.75) is 13.0 Å². The van der Waals surface area contributed by atoms with Gasteiger partial charge in [0.25, 0.3) is 5.56 Å². The predicted octanol–water partition coefficient (Wildman–Crippen LogP) is 5.33. The van der Waals surface area contributed by atoms with E-state index in [1.807, 2.05) is 24.3 Å². The molecule has 34 heavy (non-hydrogen) atoms. The first kappa shape index (κ1) is 22.8. The van der Waals surface area contributed by atoms with Crippen molar-refractivity contribution in [3.63, 3.8) is 0 Å². The summed E-state index contributed by atoms with van der Waals surface area (Å²) in [7, 11) is 1.64. The normalized spacial score (nSPS) is 16.3. The summed E-state index contributed by atoms with van der Waals surface area (Å²) in [5.41, 5.74) is 1.61. The van der Waals surface area contributed by atoms with Crippen molar-refractivity contribution in [1.82, 2.24) is 14.5 Å². The largest absolute Gasteiger partial charge is 0.370 e. The molecule has 0 aliphatic carbocycles. The fraction of sp³-hybridized carbons (Fsp3) is 0.240. The average Bonchev–Trinajstić information content (AvgIpc) is 2.82. The number of pyridine rings is 1. The Bertz CT molecular complexity index is 1460. The van der Waals surface area contributed by atoms with Gasteiger partial charge in [-0.2, -0.15) is 0 Å². The van der Waals surface area contributed by atoms with Gasteiger partial charge in [0, 0.05) is 41.8 Å². The number of anilines is 1. The zero-order chi connectivity index (χ0) is 24.0. The molecule has 1 atom stereocenters. The van der Waals surface area contributed by atoms with Crippen molar-refractivity contribution in [2.75, 3.05) is 24.6 Å². The molecule has 3 heterocycles. The minimum Gasteiger partial charge on any atom is -0.370 e. The van der Waals surface area contributed by atoms with Crippen LogP contribution in [-0.2, 0) is 11.8 Å². The Morgan fingerprint density at radius 3 is 2.53 bits per heavy atom. The topological polar surface area (TPSA) is 60.2 Å². The lowest BCUT2D eigenvalue weighted by Gasteiger charge is -2.34. The second-order valence-corrected chi connectivity index (χ2v) is 9.10. The van der Waals surface area contributed by atoms with E-state index in [0.29, 0.717) is 41.9 Å². The Morgan fingerprint density at radius 2 is 1.79 bits per heavy atom. The van der Waals surface area contributed by atoms with E-state index in [2.05, 4.69) is 9.88 Å². The third kappa shape index (κ3) is 4.15. The lowest BCUT2D eigenvalue weighted by atomic mass is 10.1. The number of aromatic nitrogens is 3. The van der Waals surface area contributed by atoms with Crippen LogP contribution in [0.3, 0.4) is 0 Å². The molecule has 2 aromatic carbocycles. The Morgan fingerprint density at radius 1 is 1.06 bits per heavy atom. The van der Waals surface area contributed by atoms with Crippen molar-refractivity contribution in [3.05, 3.63) is 86.1 Å². The summed E-state index contributed by atoms with van der Waals surface area (Å²) < 4.78 is 22.4. The van der Waals surface area contributed by atoms with Gasteiger partial charge in [0.2, 0.25) is 0 Å². The molecule has 1 aliphatic heterocycles. The number of hydrogen-bond donors (Lipinski definition) is 0. The molecule has 0 bridgehead atoms. The first-order chi connectivity index (χ1) is 16.3. The Labute approximate surface area is 205 Å². The number of ether oxygens (including phenoxy) is 1. The van der Waals surface area contributed by atoms with Gasteiger partial charge in [-0.3, -0.25) is 9.36 Å². The summed E-state index contributed by atoms with van der Waals surface area (Å²) in [6.07, 6.45) is -0.183. The van der Waals surface area contributed by atoms with Crippen molar-refractivity contribution in [1.29, 1.82) is 0 Å². The number of fused-ring (bicyclic) bond motifs is 1. The zero-order valence-electron chi connectivity index (χ0n) is 18.6. The van der Waals surface area contributed by atoms with Crippen LogP contribution in [0.1, 0.15) is 17.5 Å². The van der Waals surface area contributed by atoms with Crippen LogP contribution in [0.25, 0.3) is 22.2 Å². The summed E-state index contributed by atoms with van der Waals surface area (Å²) in [5.74, 6) is 0.597. The van der Waals surface area contributed by atoms with Crippen LogP contribution in [0.15, 0.2) is 53.3 Å². The number of nitrogens with zero attached hydrogens (tertiary/aromatic N) is 4. The second kappa shape index (κ2) is 8.98. The quantitative estimate of drug-likeness (QED) is 0.382. The number of aryl methyl sites for hydroxylation is 1. The minimum atomic E-state index is -0.554. The van der Waals surface area contributed by atoms with E-state index in [0.717, 1.165) is 5.56 Å². The van der Waals surface area contributed by atoms with Crippen LogP contribution in [0.5, 0.6) is 0 Å². The highest BCUT2D eigenvalue weighted by Gasteiger charge is 2.25. The zero-order valence-corrected chi connectivity index (χ0v) is 20.1.